The van der Waals surface area contributed by atoms with Crippen molar-refractivity contribution < 1.29 is 14.5 Å². The minimum atomic E-state index is -0.799. The van der Waals surface area contributed by atoms with Gasteiger partial charge in [0.1, 0.15) is 5.75 Å². The molecule has 7 heteroatoms. The number of nitro benzene ring substituents is 1. The summed E-state index contributed by atoms with van der Waals surface area (Å²) in [6.45, 7) is 3.44. The van der Waals surface area contributed by atoms with E-state index in [1.807, 2.05) is 43.3 Å². The Kier molecular flexibility index (Phi) is 6.61. The Hall–Kier alpha value is -3.48. The molecule has 0 spiro atoms. The van der Waals surface area contributed by atoms with Crippen LogP contribution in [0.4, 0.5) is 5.69 Å². The Morgan fingerprint density at radius 3 is 2.46 bits per heavy atom. The molecule has 0 aliphatic heterocycles. The first kappa shape index (κ1) is 18.9. The van der Waals surface area contributed by atoms with Crippen molar-refractivity contribution in [1.29, 1.82) is 0 Å². The SMILES string of the molecule is CC(/C=N\NC(=O)[C@@H](C)Oc1ccc([N+](=O)[O-])cc1)=C/c1ccccc1. The third-order valence-electron chi connectivity index (χ3n) is 3.37. The summed E-state index contributed by atoms with van der Waals surface area (Å²) in [6.07, 6.45) is 2.68. The summed E-state index contributed by atoms with van der Waals surface area (Å²) in [7, 11) is 0. The summed E-state index contributed by atoms with van der Waals surface area (Å²) in [5.41, 5.74) is 4.28. The first-order valence-electron chi connectivity index (χ1n) is 7.93. The number of rotatable bonds is 7. The van der Waals surface area contributed by atoms with Gasteiger partial charge in [0.25, 0.3) is 11.6 Å². The molecule has 134 valence electrons. The third kappa shape index (κ3) is 5.86. The molecule has 0 radical (unpaired) electrons. The minimum Gasteiger partial charge on any atom is -0.481 e. The van der Waals surface area contributed by atoms with Gasteiger partial charge < -0.3 is 4.74 Å². The Morgan fingerprint density at radius 1 is 1.19 bits per heavy atom. The smallest absolute Gasteiger partial charge is 0.280 e. The van der Waals surface area contributed by atoms with E-state index in [0.717, 1.165) is 11.1 Å². The topological polar surface area (TPSA) is 93.8 Å². The average Bonchev–Trinajstić information content (AvgIpc) is 2.62. The van der Waals surface area contributed by atoms with Gasteiger partial charge in [0, 0.05) is 12.1 Å². The standard InChI is InChI=1S/C19H19N3O4/c1-14(12-16-6-4-3-5-7-16)13-20-21-19(23)15(2)26-18-10-8-17(9-11-18)22(24)25/h3-13,15H,1-2H3,(H,21,23)/b14-12-,20-13-/t15-/m1/s1. The number of non-ortho nitro benzene ring substituents is 1. The molecule has 0 bridgehead atoms. The van der Waals surface area contributed by atoms with Crippen molar-refractivity contribution in [1.82, 2.24) is 5.43 Å². The number of nitrogens with zero attached hydrogens (tertiary/aromatic N) is 2. The van der Waals surface area contributed by atoms with Gasteiger partial charge in [0.2, 0.25) is 0 Å². The number of carbonyl (C=O) groups is 1. The van der Waals surface area contributed by atoms with Crippen molar-refractivity contribution in [3.05, 3.63) is 75.8 Å². The van der Waals surface area contributed by atoms with Crippen LogP contribution in [-0.2, 0) is 4.79 Å². The van der Waals surface area contributed by atoms with Crippen LogP contribution >= 0.6 is 0 Å². The second kappa shape index (κ2) is 9.12. The van der Waals surface area contributed by atoms with Crippen LogP contribution in [0.15, 0.2) is 65.3 Å². The number of ether oxygens (including phenoxy) is 1. The molecule has 7 nitrogen and oxygen atoms in total. The fraction of sp³-hybridized carbons (Fsp3) is 0.158. The van der Waals surface area contributed by atoms with E-state index in [1.165, 1.54) is 24.3 Å². The van der Waals surface area contributed by atoms with Gasteiger partial charge in [-0.3, -0.25) is 14.9 Å². The van der Waals surface area contributed by atoms with Gasteiger partial charge in [-0.25, -0.2) is 5.43 Å². The zero-order valence-corrected chi connectivity index (χ0v) is 14.5. The molecule has 1 amide bonds. The normalized spacial score (nSPS) is 12.6. The van der Waals surface area contributed by atoms with E-state index in [2.05, 4.69) is 10.5 Å². The molecule has 1 N–H and O–H groups in total. The number of amides is 1. The first-order valence-corrected chi connectivity index (χ1v) is 7.93. The Bertz CT molecular complexity index is 814. The van der Waals surface area contributed by atoms with Crippen LogP contribution in [0.5, 0.6) is 5.75 Å². The van der Waals surface area contributed by atoms with Crippen LogP contribution in [0.1, 0.15) is 19.4 Å². The number of benzene rings is 2. The molecule has 0 heterocycles. The van der Waals surface area contributed by atoms with Gasteiger partial charge in [-0.05, 0) is 37.1 Å². The Labute approximate surface area is 151 Å². The van der Waals surface area contributed by atoms with Crippen molar-refractivity contribution in [2.45, 2.75) is 20.0 Å². The molecule has 2 rings (SSSR count). The molecule has 1 atom stereocenters. The second-order valence-electron chi connectivity index (χ2n) is 5.54. The number of hydrazone groups is 1. The van der Waals surface area contributed by atoms with Crippen LogP contribution in [0.3, 0.4) is 0 Å². The lowest BCUT2D eigenvalue weighted by Gasteiger charge is -2.12. The van der Waals surface area contributed by atoms with E-state index in [1.54, 1.807) is 13.1 Å². The van der Waals surface area contributed by atoms with Crippen LogP contribution < -0.4 is 10.2 Å². The predicted molar refractivity (Wildman–Crippen MR) is 99.9 cm³/mol. The number of hydrogen-bond donors (Lipinski definition) is 1. The Balaban J connectivity index is 1.86. The molecule has 0 unspecified atom stereocenters. The number of nitro groups is 1. The van der Waals surface area contributed by atoms with Crippen molar-refractivity contribution >= 4 is 23.9 Å². The summed E-state index contributed by atoms with van der Waals surface area (Å²) in [6, 6.07) is 15.3. The molecule has 0 aliphatic rings. The summed E-state index contributed by atoms with van der Waals surface area (Å²) < 4.78 is 5.44. The summed E-state index contributed by atoms with van der Waals surface area (Å²) in [4.78, 5) is 22.1. The van der Waals surface area contributed by atoms with Gasteiger partial charge >= 0.3 is 0 Å². The zero-order valence-electron chi connectivity index (χ0n) is 14.5. The maximum Gasteiger partial charge on any atom is 0.280 e. The van der Waals surface area contributed by atoms with Gasteiger partial charge in [-0.15, -0.1) is 0 Å². The van der Waals surface area contributed by atoms with E-state index < -0.39 is 16.9 Å². The number of hydrogen-bond acceptors (Lipinski definition) is 5. The molecule has 0 fully saturated rings. The average molecular weight is 353 g/mol. The number of carbonyl (C=O) groups excluding carboxylic acids is 1. The van der Waals surface area contributed by atoms with Crippen LogP contribution in [0.25, 0.3) is 6.08 Å². The third-order valence-corrected chi connectivity index (χ3v) is 3.37. The second-order valence-corrected chi connectivity index (χ2v) is 5.54. The summed E-state index contributed by atoms with van der Waals surface area (Å²) >= 11 is 0. The highest BCUT2D eigenvalue weighted by Crippen LogP contribution is 2.18. The van der Waals surface area contributed by atoms with E-state index in [9.17, 15) is 14.9 Å². The largest absolute Gasteiger partial charge is 0.481 e. The lowest BCUT2D eigenvalue weighted by Crippen LogP contribution is -2.33. The lowest BCUT2D eigenvalue weighted by molar-refractivity contribution is -0.384. The van der Waals surface area contributed by atoms with E-state index in [4.69, 9.17) is 4.74 Å². The van der Waals surface area contributed by atoms with Crippen molar-refractivity contribution in [2.24, 2.45) is 5.10 Å². The highest BCUT2D eigenvalue weighted by molar-refractivity contribution is 5.87. The highest BCUT2D eigenvalue weighted by Gasteiger charge is 2.14. The van der Waals surface area contributed by atoms with Crippen molar-refractivity contribution in [2.75, 3.05) is 0 Å². The Morgan fingerprint density at radius 2 is 1.85 bits per heavy atom. The quantitative estimate of drug-likeness (QED) is 0.468. The van der Waals surface area contributed by atoms with Crippen molar-refractivity contribution in [3.8, 4) is 5.75 Å². The highest BCUT2D eigenvalue weighted by atomic mass is 16.6. The number of nitrogens with one attached hydrogen (secondary N) is 1. The fourth-order valence-corrected chi connectivity index (χ4v) is 2.04. The van der Waals surface area contributed by atoms with Gasteiger partial charge in [-0.2, -0.15) is 5.10 Å². The first-order chi connectivity index (χ1) is 12.5. The minimum absolute atomic E-state index is 0.0419. The van der Waals surface area contributed by atoms with Gasteiger partial charge in [-0.1, -0.05) is 36.4 Å². The number of allylic oxidation sites excluding steroid dienone is 1. The summed E-state index contributed by atoms with van der Waals surface area (Å²) in [5.74, 6) is -0.0607. The predicted octanol–water partition coefficient (Wildman–Crippen LogP) is 3.57. The van der Waals surface area contributed by atoms with Crippen LogP contribution in [0, 0.1) is 10.1 Å². The molecule has 0 saturated heterocycles. The van der Waals surface area contributed by atoms with E-state index in [-0.39, 0.29) is 5.69 Å². The van der Waals surface area contributed by atoms with Crippen molar-refractivity contribution in [3.63, 3.8) is 0 Å². The molecule has 0 aliphatic carbocycles. The van der Waals surface area contributed by atoms with Crippen LogP contribution in [-0.4, -0.2) is 23.1 Å². The lowest BCUT2D eigenvalue weighted by atomic mass is 10.1. The van der Waals surface area contributed by atoms with E-state index >= 15 is 0 Å². The molecule has 2 aromatic rings. The molecule has 2 aromatic carbocycles. The maximum atomic E-state index is 12.0. The zero-order chi connectivity index (χ0) is 18.9. The molecular weight excluding hydrogens is 334 g/mol. The maximum absolute atomic E-state index is 12.0. The molecule has 0 aromatic heterocycles. The summed E-state index contributed by atoms with van der Waals surface area (Å²) in [5, 5.41) is 14.5. The van der Waals surface area contributed by atoms with Gasteiger partial charge in [0.05, 0.1) is 11.1 Å². The molecule has 26 heavy (non-hydrogen) atoms. The van der Waals surface area contributed by atoms with Gasteiger partial charge in [0.15, 0.2) is 6.10 Å². The van der Waals surface area contributed by atoms with Crippen LogP contribution in [0.2, 0.25) is 0 Å². The monoisotopic (exact) mass is 353 g/mol. The fourth-order valence-electron chi connectivity index (χ4n) is 2.04. The van der Waals surface area contributed by atoms with E-state index in [0.29, 0.717) is 5.75 Å². The molecule has 0 saturated carbocycles. The molecular formula is C19H19N3O4.